The van der Waals surface area contributed by atoms with E-state index in [9.17, 15) is 9.59 Å². The maximum absolute atomic E-state index is 11.4. The fourth-order valence-corrected chi connectivity index (χ4v) is 1.61. The third kappa shape index (κ3) is 4.34. The Hall–Kier alpha value is -2.83. The van der Waals surface area contributed by atoms with Crippen molar-refractivity contribution in [2.45, 2.75) is 6.42 Å². The van der Waals surface area contributed by atoms with Crippen LogP contribution in [0.1, 0.15) is 12.0 Å². The monoisotopic (exact) mass is 289 g/mol. The first-order valence-corrected chi connectivity index (χ1v) is 6.28. The second-order valence-corrected chi connectivity index (χ2v) is 4.18. The van der Waals surface area contributed by atoms with Gasteiger partial charge in [0.05, 0.1) is 6.21 Å². The Kier molecular flexibility index (Phi) is 4.92. The molecule has 1 aromatic carbocycles. The molecular formula is C14H15N3O4. The Morgan fingerprint density at radius 1 is 1.29 bits per heavy atom. The second-order valence-electron chi connectivity index (χ2n) is 4.18. The van der Waals surface area contributed by atoms with Crippen LogP contribution in [0.4, 0.5) is 0 Å². The summed E-state index contributed by atoms with van der Waals surface area (Å²) in [5.41, 5.74) is 3.02. The summed E-state index contributed by atoms with van der Waals surface area (Å²) in [6.45, 7) is 3.99. The van der Waals surface area contributed by atoms with Crippen molar-refractivity contribution in [1.82, 2.24) is 10.7 Å². The number of hydrazone groups is 1. The van der Waals surface area contributed by atoms with Gasteiger partial charge in [0.1, 0.15) is 6.42 Å². The SMILES string of the molecule is C=CCNC(=O)CC(=O)N/N=C\c1ccc2c(c1)OCO2. The summed E-state index contributed by atoms with van der Waals surface area (Å²) < 4.78 is 10.4. The smallest absolute Gasteiger partial charge is 0.249 e. The lowest BCUT2D eigenvalue weighted by Gasteiger charge is -2.01. The van der Waals surface area contributed by atoms with Crippen LogP contribution in [0.15, 0.2) is 36.0 Å². The van der Waals surface area contributed by atoms with E-state index < -0.39 is 5.91 Å². The average molecular weight is 289 g/mol. The van der Waals surface area contributed by atoms with E-state index in [1.807, 2.05) is 0 Å². The fourth-order valence-electron chi connectivity index (χ4n) is 1.61. The third-order valence-corrected chi connectivity index (χ3v) is 2.56. The van der Waals surface area contributed by atoms with E-state index >= 15 is 0 Å². The van der Waals surface area contributed by atoms with Gasteiger partial charge in [-0.15, -0.1) is 6.58 Å². The van der Waals surface area contributed by atoms with Crippen molar-refractivity contribution in [2.75, 3.05) is 13.3 Å². The summed E-state index contributed by atoms with van der Waals surface area (Å²) in [4.78, 5) is 22.7. The molecule has 0 fully saturated rings. The van der Waals surface area contributed by atoms with Crippen molar-refractivity contribution in [3.05, 3.63) is 36.4 Å². The Morgan fingerprint density at radius 3 is 2.90 bits per heavy atom. The number of nitrogens with zero attached hydrogens (tertiary/aromatic N) is 1. The zero-order valence-corrected chi connectivity index (χ0v) is 11.3. The topological polar surface area (TPSA) is 89.0 Å². The number of hydrogen-bond donors (Lipinski definition) is 2. The number of ether oxygens (including phenoxy) is 2. The molecule has 0 aliphatic carbocycles. The number of carbonyl (C=O) groups excluding carboxylic acids is 2. The molecule has 1 heterocycles. The first-order chi connectivity index (χ1) is 10.2. The molecule has 2 rings (SSSR count). The van der Waals surface area contributed by atoms with Crippen LogP contribution in [-0.4, -0.2) is 31.4 Å². The minimum absolute atomic E-state index is 0.201. The van der Waals surface area contributed by atoms with Crippen molar-refractivity contribution in [2.24, 2.45) is 5.10 Å². The van der Waals surface area contributed by atoms with Gasteiger partial charge in [0, 0.05) is 6.54 Å². The first kappa shape index (κ1) is 14.6. The standard InChI is InChI=1S/C14H15N3O4/c1-2-5-15-13(18)7-14(19)17-16-8-10-3-4-11-12(6-10)21-9-20-11/h2-4,6,8H,1,5,7,9H2,(H,15,18)(H,17,19)/b16-8-. The van der Waals surface area contributed by atoms with Gasteiger partial charge in [-0.1, -0.05) is 6.08 Å². The first-order valence-electron chi connectivity index (χ1n) is 6.28. The normalized spacial score (nSPS) is 12.2. The van der Waals surface area contributed by atoms with Gasteiger partial charge >= 0.3 is 0 Å². The molecule has 2 amide bonds. The minimum atomic E-state index is -0.492. The number of benzene rings is 1. The molecule has 0 saturated heterocycles. The molecule has 1 aromatic rings. The maximum atomic E-state index is 11.4. The van der Waals surface area contributed by atoms with Gasteiger partial charge in [0.2, 0.25) is 18.6 Å². The molecule has 7 nitrogen and oxygen atoms in total. The average Bonchev–Trinajstić information content (AvgIpc) is 2.92. The van der Waals surface area contributed by atoms with Crippen molar-refractivity contribution in [3.8, 4) is 11.5 Å². The highest BCUT2D eigenvalue weighted by Gasteiger charge is 2.12. The van der Waals surface area contributed by atoms with E-state index in [1.54, 1.807) is 18.2 Å². The Bertz CT molecular complexity index is 584. The molecular weight excluding hydrogens is 274 g/mol. The van der Waals surface area contributed by atoms with Crippen molar-refractivity contribution in [1.29, 1.82) is 0 Å². The summed E-state index contributed by atoms with van der Waals surface area (Å²) >= 11 is 0. The van der Waals surface area contributed by atoms with Gasteiger partial charge in [-0.3, -0.25) is 9.59 Å². The molecule has 0 unspecified atom stereocenters. The lowest BCUT2D eigenvalue weighted by atomic mass is 10.2. The largest absolute Gasteiger partial charge is 0.454 e. The van der Waals surface area contributed by atoms with Gasteiger partial charge in [-0.05, 0) is 23.8 Å². The predicted molar refractivity (Wildman–Crippen MR) is 76.1 cm³/mol. The van der Waals surface area contributed by atoms with Gasteiger partial charge in [-0.2, -0.15) is 5.10 Å². The van der Waals surface area contributed by atoms with Crippen LogP contribution in [-0.2, 0) is 9.59 Å². The number of nitrogens with one attached hydrogen (secondary N) is 2. The van der Waals surface area contributed by atoms with Crippen LogP contribution in [0.5, 0.6) is 11.5 Å². The van der Waals surface area contributed by atoms with Crippen LogP contribution in [0.25, 0.3) is 0 Å². The number of hydrogen-bond acceptors (Lipinski definition) is 5. The molecule has 0 atom stereocenters. The Balaban J connectivity index is 1.80. The predicted octanol–water partition coefficient (Wildman–Crippen LogP) is 0.558. The van der Waals surface area contributed by atoms with Crippen LogP contribution in [0.2, 0.25) is 0 Å². The van der Waals surface area contributed by atoms with Crippen LogP contribution in [0, 0.1) is 0 Å². The highest BCUT2D eigenvalue weighted by molar-refractivity contribution is 5.97. The van der Waals surface area contributed by atoms with Crippen molar-refractivity contribution < 1.29 is 19.1 Å². The van der Waals surface area contributed by atoms with Crippen LogP contribution >= 0.6 is 0 Å². The molecule has 0 radical (unpaired) electrons. The zero-order chi connectivity index (χ0) is 15.1. The van der Waals surface area contributed by atoms with E-state index in [2.05, 4.69) is 22.4 Å². The molecule has 2 N–H and O–H groups in total. The molecule has 1 aliphatic heterocycles. The van der Waals surface area contributed by atoms with Crippen molar-refractivity contribution >= 4 is 18.0 Å². The molecule has 0 spiro atoms. The number of carbonyl (C=O) groups is 2. The highest BCUT2D eigenvalue weighted by Crippen LogP contribution is 2.31. The molecule has 21 heavy (non-hydrogen) atoms. The fraction of sp³-hybridized carbons (Fsp3) is 0.214. The lowest BCUT2D eigenvalue weighted by molar-refractivity contribution is -0.129. The van der Waals surface area contributed by atoms with E-state index in [0.717, 1.165) is 5.56 Å². The van der Waals surface area contributed by atoms with Gasteiger partial charge in [-0.25, -0.2) is 5.43 Å². The van der Waals surface area contributed by atoms with E-state index in [4.69, 9.17) is 9.47 Å². The third-order valence-electron chi connectivity index (χ3n) is 2.56. The summed E-state index contributed by atoms with van der Waals surface area (Å²) in [6.07, 6.45) is 2.71. The Morgan fingerprint density at radius 2 is 2.10 bits per heavy atom. The van der Waals surface area contributed by atoms with Crippen LogP contribution < -0.4 is 20.2 Å². The molecule has 1 aliphatic rings. The molecule has 0 bridgehead atoms. The molecule has 0 saturated carbocycles. The van der Waals surface area contributed by atoms with E-state index in [0.29, 0.717) is 18.0 Å². The minimum Gasteiger partial charge on any atom is -0.454 e. The maximum Gasteiger partial charge on any atom is 0.249 e. The highest BCUT2D eigenvalue weighted by atomic mass is 16.7. The van der Waals surface area contributed by atoms with Crippen LogP contribution in [0.3, 0.4) is 0 Å². The Labute approximate surface area is 121 Å². The summed E-state index contributed by atoms with van der Waals surface area (Å²) in [5, 5.41) is 6.28. The lowest BCUT2D eigenvalue weighted by Crippen LogP contribution is -2.29. The number of rotatable bonds is 6. The second kappa shape index (κ2) is 7.09. The molecule has 7 heteroatoms. The molecule has 110 valence electrons. The summed E-state index contributed by atoms with van der Waals surface area (Å²) in [5.74, 6) is 0.434. The van der Waals surface area contributed by atoms with Crippen molar-refractivity contribution in [3.63, 3.8) is 0 Å². The van der Waals surface area contributed by atoms with E-state index in [-0.39, 0.29) is 19.1 Å². The number of amides is 2. The van der Waals surface area contributed by atoms with Gasteiger partial charge < -0.3 is 14.8 Å². The number of fused-ring (bicyclic) bond motifs is 1. The zero-order valence-electron chi connectivity index (χ0n) is 11.3. The van der Waals surface area contributed by atoms with Gasteiger partial charge in [0.15, 0.2) is 11.5 Å². The quantitative estimate of drug-likeness (QED) is 0.346. The summed E-state index contributed by atoms with van der Waals surface area (Å²) in [6, 6.07) is 5.28. The molecule has 0 aromatic heterocycles. The summed E-state index contributed by atoms with van der Waals surface area (Å²) in [7, 11) is 0. The van der Waals surface area contributed by atoms with E-state index in [1.165, 1.54) is 12.3 Å². The van der Waals surface area contributed by atoms with Gasteiger partial charge in [0.25, 0.3) is 0 Å².